The van der Waals surface area contributed by atoms with E-state index in [2.05, 4.69) is 9.72 Å². The van der Waals surface area contributed by atoms with Gasteiger partial charge in [0.05, 0.1) is 22.7 Å². The topological polar surface area (TPSA) is 39.2 Å². The Morgan fingerprint density at radius 3 is 2.35 bits per heavy atom. The number of halogens is 6. The van der Waals surface area contributed by atoms with Crippen molar-refractivity contribution in [2.75, 3.05) is 7.11 Å². The summed E-state index contributed by atoms with van der Waals surface area (Å²) in [5.74, 6) is -1.86. The average molecular weight is 368 g/mol. The minimum Gasteiger partial charge on any atom is -0.464 e. The number of ether oxygens (including phenoxy) is 1. The van der Waals surface area contributed by atoms with Crippen molar-refractivity contribution < 1.29 is 27.1 Å². The van der Waals surface area contributed by atoms with E-state index >= 15 is 0 Å². The highest BCUT2D eigenvalue weighted by atomic mass is 35.5. The first-order valence-corrected chi connectivity index (χ1v) is 6.72. The fraction of sp³-hybridized carbons (Fsp3) is 0.143. The predicted molar refractivity (Wildman–Crippen MR) is 76.0 cm³/mol. The lowest BCUT2D eigenvalue weighted by molar-refractivity contribution is -0.137. The first-order valence-electron chi connectivity index (χ1n) is 5.96. The first-order chi connectivity index (χ1) is 10.6. The summed E-state index contributed by atoms with van der Waals surface area (Å²) in [5.41, 5.74) is -1.89. The third kappa shape index (κ3) is 3.56. The van der Waals surface area contributed by atoms with Gasteiger partial charge in [-0.05, 0) is 18.2 Å². The molecule has 0 atom stereocenters. The molecule has 1 aromatic heterocycles. The van der Waals surface area contributed by atoms with Crippen LogP contribution in [-0.2, 0) is 10.9 Å². The summed E-state index contributed by atoms with van der Waals surface area (Å²) in [6.45, 7) is 0. The van der Waals surface area contributed by atoms with E-state index in [1.165, 1.54) is 0 Å². The summed E-state index contributed by atoms with van der Waals surface area (Å²) in [4.78, 5) is 15.2. The zero-order valence-electron chi connectivity index (χ0n) is 11.3. The van der Waals surface area contributed by atoms with Crippen LogP contribution in [0, 0.1) is 5.82 Å². The highest BCUT2D eigenvalue weighted by molar-refractivity contribution is 6.34. The number of benzene rings is 1. The van der Waals surface area contributed by atoms with Crippen LogP contribution in [0.5, 0.6) is 0 Å². The third-order valence-corrected chi connectivity index (χ3v) is 3.46. The van der Waals surface area contributed by atoms with Gasteiger partial charge >= 0.3 is 12.1 Å². The molecule has 0 N–H and O–H groups in total. The fourth-order valence-electron chi connectivity index (χ4n) is 1.78. The van der Waals surface area contributed by atoms with Crippen LogP contribution in [0.1, 0.15) is 16.1 Å². The number of pyridine rings is 1. The van der Waals surface area contributed by atoms with Gasteiger partial charge in [-0.3, -0.25) is 0 Å². The Morgan fingerprint density at radius 2 is 1.83 bits per heavy atom. The molecule has 0 fully saturated rings. The van der Waals surface area contributed by atoms with Crippen molar-refractivity contribution in [2.45, 2.75) is 6.18 Å². The van der Waals surface area contributed by atoms with Crippen molar-refractivity contribution in [1.29, 1.82) is 0 Å². The largest absolute Gasteiger partial charge is 0.464 e. The van der Waals surface area contributed by atoms with Crippen LogP contribution in [0.25, 0.3) is 11.3 Å². The van der Waals surface area contributed by atoms with Gasteiger partial charge in [-0.2, -0.15) is 13.2 Å². The maximum absolute atomic E-state index is 14.0. The second kappa shape index (κ2) is 6.33. The standard InChI is InChI=1S/C14H7Cl2F4NO2/c1-23-13(22)12-9(16)5-10(17)11(21-12)7-3-2-6(4-8(7)15)14(18,19)20/h2-5H,1H3. The van der Waals surface area contributed by atoms with Gasteiger partial charge in [0, 0.05) is 5.56 Å². The number of hydrogen-bond acceptors (Lipinski definition) is 3. The molecular weight excluding hydrogens is 361 g/mol. The van der Waals surface area contributed by atoms with E-state index in [9.17, 15) is 22.4 Å². The maximum atomic E-state index is 14.0. The maximum Gasteiger partial charge on any atom is 0.416 e. The smallest absolute Gasteiger partial charge is 0.416 e. The molecule has 3 nitrogen and oxygen atoms in total. The van der Waals surface area contributed by atoms with E-state index in [0.717, 1.165) is 25.3 Å². The fourth-order valence-corrected chi connectivity index (χ4v) is 2.26. The summed E-state index contributed by atoms with van der Waals surface area (Å²) in [6, 6.07) is 3.15. The first kappa shape index (κ1) is 17.5. The SMILES string of the molecule is COC(=O)c1nc(-c2ccc(C(F)(F)F)cc2Cl)c(F)cc1Cl. The Kier molecular flexibility index (Phi) is 4.81. The zero-order chi connectivity index (χ0) is 17.4. The van der Waals surface area contributed by atoms with Crippen molar-refractivity contribution in [3.63, 3.8) is 0 Å². The Morgan fingerprint density at radius 1 is 1.17 bits per heavy atom. The Balaban J connectivity index is 2.61. The van der Waals surface area contributed by atoms with Gasteiger partial charge in [-0.1, -0.05) is 29.3 Å². The van der Waals surface area contributed by atoms with Crippen molar-refractivity contribution >= 4 is 29.2 Å². The molecule has 1 aromatic carbocycles. The van der Waals surface area contributed by atoms with E-state index in [1.54, 1.807) is 0 Å². The normalized spacial score (nSPS) is 11.4. The van der Waals surface area contributed by atoms with E-state index in [1.807, 2.05) is 0 Å². The number of aromatic nitrogens is 1. The number of nitrogens with zero attached hydrogens (tertiary/aromatic N) is 1. The molecule has 0 amide bonds. The summed E-state index contributed by atoms with van der Waals surface area (Å²) >= 11 is 11.5. The highest BCUT2D eigenvalue weighted by Crippen LogP contribution is 2.36. The predicted octanol–water partition coefficient (Wildman–Crippen LogP) is 5.00. The van der Waals surface area contributed by atoms with Crippen LogP contribution < -0.4 is 0 Å². The van der Waals surface area contributed by atoms with Crippen LogP contribution in [0.15, 0.2) is 24.3 Å². The molecule has 0 aliphatic carbocycles. The molecule has 0 aliphatic heterocycles. The molecule has 0 bridgehead atoms. The van der Waals surface area contributed by atoms with E-state index in [4.69, 9.17) is 23.2 Å². The number of esters is 1. The van der Waals surface area contributed by atoms with Crippen LogP contribution in [-0.4, -0.2) is 18.1 Å². The number of carbonyl (C=O) groups excluding carboxylic acids is 1. The minimum atomic E-state index is -4.59. The Hall–Kier alpha value is -1.86. The Labute approximate surface area is 137 Å². The molecule has 2 aromatic rings. The minimum absolute atomic E-state index is 0.112. The molecule has 1 heterocycles. The molecule has 9 heteroatoms. The second-order valence-corrected chi connectivity index (χ2v) is 5.15. The van der Waals surface area contributed by atoms with Gasteiger partial charge in [0.15, 0.2) is 11.5 Å². The molecule has 122 valence electrons. The van der Waals surface area contributed by atoms with Crippen LogP contribution in [0.2, 0.25) is 10.0 Å². The van der Waals surface area contributed by atoms with Crippen molar-refractivity contribution in [3.8, 4) is 11.3 Å². The van der Waals surface area contributed by atoms with Gasteiger partial charge < -0.3 is 4.74 Å². The summed E-state index contributed by atoms with van der Waals surface area (Å²) in [7, 11) is 1.08. The third-order valence-electron chi connectivity index (χ3n) is 2.86. The lowest BCUT2D eigenvalue weighted by Crippen LogP contribution is -2.08. The van der Waals surface area contributed by atoms with Crippen molar-refractivity contribution in [3.05, 3.63) is 51.4 Å². The van der Waals surface area contributed by atoms with Crippen molar-refractivity contribution in [1.82, 2.24) is 4.98 Å². The lowest BCUT2D eigenvalue weighted by atomic mass is 10.1. The summed E-state index contributed by atoms with van der Waals surface area (Å²) < 4.78 is 56.3. The molecule has 0 aliphatic rings. The van der Waals surface area contributed by atoms with Crippen LogP contribution >= 0.6 is 23.2 Å². The number of alkyl halides is 3. The van der Waals surface area contributed by atoms with Gasteiger partial charge in [0.1, 0.15) is 5.69 Å². The summed E-state index contributed by atoms with van der Waals surface area (Å²) in [5, 5.41) is -0.662. The highest BCUT2D eigenvalue weighted by Gasteiger charge is 2.31. The molecule has 0 radical (unpaired) electrons. The Bertz CT molecular complexity index is 778. The van der Waals surface area contributed by atoms with Gasteiger partial charge in [0.2, 0.25) is 0 Å². The summed E-state index contributed by atoms with van der Waals surface area (Å²) in [6.07, 6.45) is -4.59. The number of hydrogen-bond donors (Lipinski definition) is 0. The quantitative estimate of drug-likeness (QED) is 0.553. The van der Waals surface area contributed by atoms with Gasteiger partial charge in [-0.25, -0.2) is 14.2 Å². The average Bonchev–Trinajstić information content (AvgIpc) is 2.46. The van der Waals surface area contributed by atoms with E-state index in [0.29, 0.717) is 6.07 Å². The van der Waals surface area contributed by atoms with Gasteiger partial charge in [0.25, 0.3) is 0 Å². The van der Waals surface area contributed by atoms with E-state index < -0.39 is 29.2 Å². The molecule has 0 saturated heterocycles. The number of rotatable bonds is 2. The van der Waals surface area contributed by atoms with Crippen LogP contribution in [0.3, 0.4) is 0 Å². The zero-order valence-corrected chi connectivity index (χ0v) is 12.9. The molecular formula is C14H7Cl2F4NO2. The molecule has 0 unspecified atom stereocenters. The van der Waals surface area contributed by atoms with Gasteiger partial charge in [-0.15, -0.1) is 0 Å². The lowest BCUT2D eigenvalue weighted by Gasteiger charge is -2.11. The number of carbonyl (C=O) groups is 1. The van der Waals surface area contributed by atoms with E-state index in [-0.39, 0.29) is 21.3 Å². The number of methoxy groups -OCH3 is 1. The molecule has 0 spiro atoms. The molecule has 23 heavy (non-hydrogen) atoms. The van der Waals surface area contributed by atoms with Crippen molar-refractivity contribution in [2.24, 2.45) is 0 Å². The monoisotopic (exact) mass is 367 g/mol. The molecule has 0 saturated carbocycles. The van der Waals surface area contributed by atoms with Crippen LogP contribution in [0.4, 0.5) is 17.6 Å². The second-order valence-electron chi connectivity index (χ2n) is 4.33. The molecule has 2 rings (SSSR count).